The van der Waals surface area contributed by atoms with Gasteiger partial charge >= 0.3 is 0 Å². The summed E-state index contributed by atoms with van der Waals surface area (Å²) in [6, 6.07) is 0.435. The minimum Gasteiger partial charge on any atom is -0.271 e. The standard InChI is InChI=1S/C15H30N2/c1-2-3-4-10-13-15(17-16)14-11-8-6-5-7-9-12-14/h11,15,17H,2-10,12-13,16H2,1H3. The smallest absolute Gasteiger partial charge is 0.0419 e. The second-order valence-electron chi connectivity index (χ2n) is 5.30. The van der Waals surface area contributed by atoms with E-state index in [1.807, 2.05) is 0 Å². The third kappa shape index (κ3) is 6.23. The fourth-order valence-corrected chi connectivity index (χ4v) is 2.68. The normalized spacial score (nSPS) is 19.3. The van der Waals surface area contributed by atoms with Crippen LogP contribution in [0.5, 0.6) is 0 Å². The van der Waals surface area contributed by atoms with Crippen molar-refractivity contribution in [3.8, 4) is 0 Å². The second-order valence-corrected chi connectivity index (χ2v) is 5.30. The molecule has 0 heterocycles. The highest BCUT2D eigenvalue weighted by atomic mass is 15.2. The number of unbranched alkanes of at least 4 members (excludes halogenated alkanes) is 3. The Morgan fingerprint density at radius 3 is 2.76 bits per heavy atom. The molecule has 0 radical (unpaired) electrons. The van der Waals surface area contributed by atoms with E-state index in [2.05, 4.69) is 18.4 Å². The molecule has 3 N–H and O–H groups in total. The summed E-state index contributed by atoms with van der Waals surface area (Å²) in [7, 11) is 0. The fourth-order valence-electron chi connectivity index (χ4n) is 2.68. The summed E-state index contributed by atoms with van der Waals surface area (Å²) in [5, 5.41) is 0. The second kappa shape index (κ2) is 9.67. The van der Waals surface area contributed by atoms with Crippen molar-refractivity contribution < 1.29 is 0 Å². The topological polar surface area (TPSA) is 38.0 Å². The molecule has 0 amide bonds. The van der Waals surface area contributed by atoms with Crippen molar-refractivity contribution in [1.29, 1.82) is 0 Å². The summed E-state index contributed by atoms with van der Waals surface area (Å²) in [6.45, 7) is 2.26. The molecule has 2 heteroatoms. The minimum atomic E-state index is 0.435. The van der Waals surface area contributed by atoms with Gasteiger partial charge in [0.05, 0.1) is 0 Å². The molecule has 0 aromatic heterocycles. The van der Waals surface area contributed by atoms with E-state index in [-0.39, 0.29) is 0 Å². The van der Waals surface area contributed by atoms with Gasteiger partial charge in [-0.1, -0.05) is 57.1 Å². The van der Waals surface area contributed by atoms with Crippen LogP contribution in [-0.4, -0.2) is 6.04 Å². The van der Waals surface area contributed by atoms with Gasteiger partial charge in [0.15, 0.2) is 0 Å². The Kier molecular flexibility index (Phi) is 8.37. The molecule has 0 spiro atoms. The van der Waals surface area contributed by atoms with Crippen molar-refractivity contribution in [1.82, 2.24) is 5.43 Å². The average Bonchev–Trinajstić information content (AvgIpc) is 2.30. The zero-order chi connectivity index (χ0) is 12.3. The maximum absolute atomic E-state index is 5.72. The van der Waals surface area contributed by atoms with E-state index in [4.69, 9.17) is 5.84 Å². The third-order valence-electron chi connectivity index (χ3n) is 3.82. The van der Waals surface area contributed by atoms with Gasteiger partial charge in [0.1, 0.15) is 0 Å². The first-order valence-corrected chi connectivity index (χ1v) is 7.53. The van der Waals surface area contributed by atoms with E-state index in [0.29, 0.717) is 6.04 Å². The monoisotopic (exact) mass is 238 g/mol. The van der Waals surface area contributed by atoms with Gasteiger partial charge < -0.3 is 0 Å². The van der Waals surface area contributed by atoms with Crippen molar-refractivity contribution in [2.24, 2.45) is 5.84 Å². The SMILES string of the molecule is CCCCCCC(NN)C1=CCCCCCC1. The molecular formula is C15H30N2. The quantitative estimate of drug-likeness (QED) is 0.304. The summed E-state index contributed by atoms with van der Waals surface area (Å²) in [5.74, 6) is 5.72. The van der Waals surface area contributed by atoms with Gasteiger partial charge in [-0.15, -0.1) is 0 Å². The van der Waals surface area contributed by atoms with Gasteiger partial charge in [0, 0.05) is 6.04 Å². The number of rotatable bonds is 7. The molecule has 1 rings (SSSR count). The van der Waals surface area contributed by atoms with E-state index < -0.39 is 0 Å². The molecule has 17 heavy (non-hydrogen) atoms. The van der Waals surface area contributed by atoms with Crippen LogP contribution in [0.15, 0.2) is 11.6 Å². The molecule has 1 aliphatic carbocycles. The van der Waals surface area contributed by atoms with Gasteiger partial charge in [0.25, 0.3) is 0 Å². The van der Waals surface area contributed by atoms with Crippen LogP contribution in [0.25, 0.3) is 0 Å². The molecular weight excluding hydrogens is 208 g/mol. The first kappa shape index (κ1) is 14.7. The van der Waals surface area contributed by atoms with Gasteiger partial charge in [-0.05, 0) is 32.1 Å². The Morgan fingerprint density at radius 1 is 1.18 bits per heavy atom. The highest BCUT2D eigenvalue weighted by Gasteiger charge is 2.13. The summed E-state index contributed by atoms with van der Waals surface area (Å²) >= 11 is 0. The lowest BCUT2D eigenvalue weighted by molar-refractivity contribution is 0.486. The summed E-state index contributed by atoms with van der Waals surface area (Å²) in [5.41, 5.74) is 4.60. The lowest BCUT2D eigenvalue weighted by atomic mass is 9.92. The van der Waals surface area contributed by atoms with Gasteiger partial charge in [-0.3, -0.25) is 11.3 Å². The molecule has 0 fully saturated rings. The number of hydrogen-bond acceptors (Lipinski definition) is 2. The van der Waals surface area contributed by atoms with Crippen molar-refractivity contribution in [2.75, 3.05) is 0 Å². The first-order valence-electron chi connectivity index (χ1n) is 7.53. The Bertz CT molecular complexity index is 211. The summed E-state index contributed by atoms with van der Waals surface area (Å²) in [6.07, 6.45) is 17.0. The van der Waals surface area contributed by atoms with Crippen LogP contribution in [0.2, 0.25) is 0 Å². The van der Waals surface area contributed by atoms with Gasteiger partial charge in [-0.25, -0.2) is 0 Å². The highest BCUT2D eigenvalue weighted by molar-refractivity contribution is 5.11. The Hall–Kier alpha value is -0.340. The molecule has 1 unspecified atom stereocenters. The van der Waals surface area contributed by atoms with E-state index in [1.54, 1.807) is 5.57 Å². The van der Waals surface area contributed by atoms with Crippen LogP contribution in [0.1, 0.15) is 77.6 Å². The van der Waals surface area contributed by atoms with Crippen LogP contribution in [0.4, 0.5) is 0 Å². The lowest BCUT2D eigenvalue weighted by Crippen LogP contribution is -2.36. The predicted molar refractivity (Wildman–Crippen MR) is 75.7 cm³/mol. The van der Waals surface area contributed by atoms with Crippen LogP contribution in [0.3, 0.4) is 0 Å². The zero-order valence-corrected chi connectivity index (χ0v) is 11.5. The van der Waals surface area contributed by atoms with Crippen LogP contribution in [-0.2, 0) is 0 Å². The Balaban J connectivity index is 2.35. The molecule has 0 aliphatic heterocycles. The average molecular weight is 238 g/mol. The molecule has 0 saturated heterocycles. The zero-order valence-electron chi connectivity index (χ0n) is 11.5. The van der Waals surface area contributed by atoms with Crippen molar-refractivity contribution >= 4 is 0 Å². The van der Waals surface area contributed by atoms with Crippen molar-refractivity contribution in [3.05, 3.63) is 11.6 Å². The molecule has 0 bridgehead atoms. The number of nitrogens with two attached hydrogens (primary N) is 1. The number of hydrazine groups is 1. The predicted octanol–water partition coefficient (Wildman–Crippen LogP) is 4.07. The van der Waals surface area contributed by atoms with Gasteiger partial charge in [-0.2, -0.15) is 0 Å². The number of allylic oxidation sites excluding steroid dienone is 1. The number of nitrogens with one attached hydrogen (secondary N) is 1. The summed E-state index contributed by atoms with van der Waals surface area (Å²) in [4.78, 5) is 0. The minimum absolute atomic E-state index is 0.435. The molecule has 1 aliphatic rings. The fraction of sp³-hybridized carbons (Fsp3) is 0.867. The van der Waals surface area contributed by atoms with Gasteiger partial charge in [0.2, 0.25) is 0 Å². The van der Waals surface area contributed by atoms with Crippen LogP contribution in [0, 0.1) is 0 Å². The van der Waals surface area contributed by atoms with E-state index in [0.717, 1.165) is 0 Å². The third-order valence-corrected chi connectivity index (χ3v) is 3.82. The van der Waals surface area contributed by atoms with Crippen LogP contribution < -0.4 is 11.3 Å². The van der Waals surface area contributed by atoms with E-state index >= 15 is 0 Å². The molecule has 0 aromatic carbocycles. The molecule has 100 valence electrons. The van der Waals surface area contributed by atoms with E-state index in [9.17, 15) is 0 Å². The largest absolute Gasteiger partial charge is 0.271 e. The van der Waals surface area contributed by atoms with E-state index in [1.165, 1.54) is 70.6 Å². The molecule has 0 aromatic rings. The Labute approximate surface area is 107 Å². The maximum atomic E-state index is 5.72. The maximum Gasteiger partial charge on any atom is 0.0419 e. The summed E-state index contributed by atoms with van der Waals surface area (Å²) < 4.78 is 0. The molecule has 1 atom stereocenters. The number of hydrogen-bond donors (Lipinski definition) is 2. The highest BCUT2D eigenvalue weighted by Crippen LogP contribution is 2.22. The first-order chi connectivity index (χ1) is 8.38. The molecule has 2 nitrogen and oxygen atoms in total. The van der Waals surface area contributed by atoms with Crippen molar-refractivity contribution in [3.63, 3.8) is 0 Å². The lowest BCUT2D eigenvalue weighted by Gasteiger charge is -2.21. The van der Waals surface area contributed by atoms with Crippen molar-refractivity contribution in [2.45, 2.75) is 83.6 Å². The molecule has 0 saturated carbocycles. The van der Waals surface area contributed by atoms with Crippen LogP contribution >= 0.6 is 0 Å². The Morgan fingerprint density at radius 2 is 2.00 bits per heavy atom.